The van der Waals surface area contributed by atoms with E-state index in [1.165, 1.54) is 18.3 Å². The zero-order valence-electron chi connectivity index (χ0n) is 10.2. The van der Waals surface area contributed by atoms with Crippen molar-refractivity contribution in [2.75, 3.05) is 6.61 Å². The fourth-order valence-electron chi connectivity index (χ4n) is 1.90. The van der Waals surface area contributed by atoms with Gasteiger partial charge < -0.3 is 4.74 Å². The maximum atomic E-state index is 12.3. The first-order chi connectivity index (χ1) is 8.35. The molecule has 1 fully saturated rings. The standard InChI is InChI=1S/C11H15ClN2O3S/c1-8-11(2,5-7-17-8)14-18(15,16)9-4-3-6-13-10(9)12/h3-4,6,8,14H,5,7H2,1-2H3. The van der Waals surface area contributed by atoms with Crippen LogP contribution < -0.4 is 4.72 Å². The number of hydrogen-bond acceptors (Lipinski definition) is 4. The van der Waals surface area contributed by atoms with Crippen LogP contribution in [0, 0.1) is 0 Å². The molecule has 2 atom stereocenters. The monoisotopic (exact) mass is 290 g/mol. The summed E-state index contributed by atoms with van der Waals surface area (Å²) in [6.07, 6.45) is 1.90. The van der Waals surface area contributed by atoms with Crippen LogP contribution in [0.4, 0.5) is 0 Å². The zero-order valence-corrected chi connectivity index (χ0v) is 11.8. The fourth-order valence-corrected chi connectivity index (χ4v) is 3.85. The number of pyridine rings is 1. The first-order valence-corrected chi connectivity index (χ1v) is 7.47. The average molecular weight is 291 g/mol. The van der Waals surface area contributed by atoms with Gasteiger partial charge in [0.25, 0.3) is 0 Å². The lowest BCUT2D eigenvalue weighted by atomic mass is 9.97. The van der Waals surface area contributed by atoms with Crippen LogP contribution in [0.2, 0.25) is 5.15 Å². The van der Waals surface area contributed by atoms with Gasteiger partial charge in [0.2, 0.25) is 10.0 Å². The minimum Gasteiger partial charge on any atom is -0.376 e. The Morgan fingerprint density at radius 1 is 1.61 bits per heavy atom. The molecule has 2 unspecified atom stereocenters. The summed E-state index contributed by atoms with van der Waals surface area (Å²) in [5.74, 6) is 0. The number of aromatic nitrogens is 1. The Morgan fingerprint density at radius 3 is 2.89 bits per heavy atom. The molecule has 0 aliphatic carbocycles. The van der Waals surface area contributed by atoms with E-state index in [0.717, 1.165) is 0 Å². The number of halogens is 1. The summed E-state index contributed by atoms with van der Waals surface area (Å²) in [6, 6.07) is 2.97. The maximum absolute atomic E-state index is 12.3. The average Bonchev–Trinajstić information content (AvgIpc) is 2.58. The van der Waals surface area contributed by atoms with Crippen molar-refractivity contribution in [2.45, 2.75) is 36.8 Å². The van der Waals surface area contributed by atoms with Gasteiger partial charge in [0.15, 0.2) is 0 Å². The summed E-state index contributed by atoms with van der Waals surface area (Å²) in [7, 11) is -3.69. The van der Waals surface area contributed by atoms with Gasteiger partial charge in [-0.1, -0.05) is 11.6 Å². The van der Waals surface area contributed by atoms with Gasteiger partial charge in [-0.05, 0) is 32.4 Å². The highest BCUT2D eigenvalue weighted by atomic mass is 35.5. The number of hydrogen-bond donors (Lipinski definition) is 1. The van der Waals surface area contributed by atoms with Crippen LogP contribution in [0.3, 0.4) is 0 Å². The Morgan fingerprint density at radius 2 is 2.33 bits per heavy atom. The summed E-state index contributed by atoms with van der Waals surface area (Å²) < 4.78 is 32.6. The molecular weight excluding hydrogens is 276 g/mol. The predicted molar refractivity (Wildman–Crippen MR) is 68.0 cm³/mol. The molecule has 100 valence electrons. The number of sulfonamides is 1. The smallest absolute Gasteiger partial charge is 0.244 e. The lowest BCUT2D eigenvalue weighted by Gasteiger charge is -2.28. The topological polar surface area (TPSA) is 68.3 Å². The van der Waals surface area contributed by atoms with Crippen molar-refractivity contribution in [1.29, 1.82) is 0 Å². The third kappa shape index (κ3) is 2.51. The lowest BCUT2D eigenvalue weighted by Crippen LogP contribution is -2.50. The van der Waals surface area contributed by atoms with E-state index in [1.54, 1.807) is 0 Å². The second-order valence-corrected chi connectivity index (χ2v) is 6.59. The van der Waals surface area contributed by atoms with Crippen molar-refractivity contribution in [2.24, 2.45) is 0 Å². The SMILES string of the molecule is CC1OCCC1(C)NS(=O)(=O)c1cccnc1Cl. The molecule has 1 aliphatic heterocycles. The van der Waals surface area contributed by atoms with E-state index in [4.69, 9.17) is 16.3 Å². The molecule has 7 heteroatoms. The molecule has 0 saturated carbocycles. The molecule has 5 nitrogen and oxygen atoms in total. The second kappa shape index (κ2) is 4.77. The largest absolute Gasteiger partial charge is 0.376 e. The number of nitrogens with zero attached hydrogens (tertiary/aromatic N) is 1. The van der Waals surface area contributed by atoms with Crippen molar-refractivity contribution >= 4 is 21.6 Å². The Bertz CT molecular complexity index is 549. The van der Waals surface area contributed by atoms with E-state index < -0.39 is 15.6 Å². The molecule has 18 heavy (non-hydrogen) atoms. The molecular formula is C11H15ClN2O3S. The fraction of sp³-hybridized carbons (Fsp3) is 0.545. The molecule has 0 amide bonds. The third-order valence-electron chi connectivity index (χ3n) is 3.27. The van der Waals surface area contributed by atoms with Gasteiger partial charge in [-0.25, -0.2) is 18.1 Å². The normalized spacial score (nSPS) is 28.5. The first-order valence-electron chi connectivity index (χ1n) is 5.61. The summed E-state index contributed by atoms with van der Waals surface area (Å²) in [5, 5.41) is -0.0276. The van der Waals surface area contributed by atoms with Crippen LogP contribution in [0.25, 0.3) is 0 Å². The van der Waals surface area contributed by atoms with Gasteiger partial charge in [-0.2, -0.15) is 0 Å². The molecule has 1 aromatic heterocycles. The summed E-state index contributed by atoms with van der Waals surface area (Å²) in [5.41, 5.74) is -0.613. The summed E-state index contributed by atoms with van der Waals surface area (Å²) in [4.78, 5) is 3.77. The van der Waals surface area contributed by atoms with Gasteiger partial charge in [0.05, 0.1) is 11.6 Å². The van der Waals surface area contributed by atoms with E-state index in [9.17, 15) is 8.42 Å². The quantitative estimate of drug-likeness (QED) is 0.858. The van der Waals surface area contributed by atoms with Gasteiger partial charge in [-0.15, -0.1) is 0 Å². The number of ether oxygens (including phenoxy) is 1. The highest BCUT2D eigenvalue weighted by molar-refractivity contribution is 7.89. The van der Waals surface area contributed by atoms with E-state index in [-0.39, 0.29) is 16.2 Å². The van der Waals surface area contributed by atoms with Gasteiger partial charge in [0, 0.05) is 12.8 Å². The van der Waals surface area contributed by atoms with Crippen molar-refractivity contribution < 1.29 is 13.2 Å². The molecule has 0 aromatic carbocycles. The Kier molecular flexibility index (Phi) is 3.64. The van der Waals surface area contributed by atoms with Crippen LogP contribution >= 0.6 is 11.6 Å². The molecule has 2 heterocycles. The van der Waals surface area contributed by atoms with Crippen molar-refractivity contribution in [3.05, 3.63) is 23.5 Å². The minimum atomic E-state index is -3.69. The lowest BCUT2D eigenvalue weighted by molar-refractivity contribution is 0.0957. The van der Waals surface area contributed by atoms with E-state index in [2.05, 4.69) is 9.71 Å². The van der Waals surface area contributed by atoms with Crippen molar-refractivity contribution in [3.8, 4) is 0 Å². The highest BCUT2D eigenvalue weighted by Gasteiger charge is 2.41. The second-order valence-electron chi connectivity index (χ2n) is 4.58. The van der Waals surface area contributed by atoms with E-state index in [0.29, 0.717) is 13.0 Å². The van der Waals surface area contributed by atoms with Crippen LogP contribution in [0.15, 0.2) is 23.2 Å². The molecule has 1 N–H and O–H groups in total. The molecule has 0 bridgehead atoms. The molecule has 0 spiro atoms. The summed E-state index contributed by atoms with van der Waals surface area (Å²) >= 11 is 5.81. The van der Waals surface area contributed by atoms with Crippen molar-refractivity contribution in [3.63, 3.8) is 0 Å². The summed E-state index contributed by atoms with van der Waals surface area (Å²) in [6.45, 7) is 4.22. The van der Waals surface area contributed by atoms with Gasteiger partial charge >= 0.3 is 0 Å². The molecule has 1 aliphatic rings. The Balaban J connectivity index is 2.31. The van der Waals surface area contributed by atoms with Crippen LogP contribution in [0.5, 0.6) is 0 Å². The maximum Gasteiger partial charge on any atom is 0.244 e. The highest BCUT2D eigenvalue weighted by Crippen LogP contribution is 2.28. The minimum absolute atomic E-state index is 0.00742. The van der Waals surface area contributed by atoms with Crippen LogP contribution in [-0.4, -0.2) is 31.7 Å². The van der Waals surface area contributed by atoms with Crippen molar-refractivity contribution in [1.82, 2.24) is 9.71 Å². The molecule has 0 radical (unpaired) electrons. The molecule has 2 rings (SSSR count). The Hall–Kier alpha value is -0.690. The number of nitrogens with one attached hydrogen (secondary N) is 1. The predicted octanol–water partition coefficient (Wildman–Crippen LogP) is 1.58. The molecule has 1 saturated heterocycles. The zero-order chi connectivity index (χ0) is 13.4. The van der Waals surface area contributed by atoms with Crippen LogP contribution in [-0.2, 0) is 14.8 Å². The van der Waals surface area contributed by atoms with E-state index in [1.807, 2.05) is 13.8 Å². The van der Waals surface area contributed by atoms with Gasteiger partial charge in [0.1, 0.15) is 10.0 Å². The molecule has 1 aromatic rings. The van der Waals surface area contributed by atoms with E-state index >= 15 is 0 Å². The number of rotatable bonds is 3. The van der Waals surface area contributed by atoms with Gasteiger partial charge in [-0.3, -0.25) is 0 Å². The Labute approximate surface area is 112 Å². The third-order valence-corrected chi connectivity index (χ3v) is 5.33. The first kappa shape index (κ1) is 13.7. The van der Waals surface area contributed by atoms with Crippen LogP contribution in [0.1, 0.15) is 20.3 Å².